The predicted molar refractivity (Wildman–Crippen MR) is 116 cm³/mol. The molecule has 4 rings (SSSR count). The van der Waals surface area contributed by atoms with Crippen molar-refractivity contribution in [2.24, 2.45) is 0 Å². The van der Waals surface area contributed by atoms with E-state index in [0.717, 1.165) is 5.56 Å². The van der Waals surface area contributed by atoms with Crippen LogP contribution in [-0.4, -0.2) is 30.3 Å². The minimum Gasteiger partial charge on any atom is -0.478 e. The molecule has 1 amide bonds. The number of rotatable bonds is 6. The van der Waals surface area contributed by atoms with Crippen molar-refractivity contribution in [2.45, 2.75) is 5.92 Å². The Kier molecular flexibility index (Phi) is 5.61. The highest BCUT2D eigenvalue weighted by molar-refractivity contribution is 5.87. The Balaban J connectivity index is 1.31. The van der Waals surface area contributed by atoms with Crippen LogP contribution in [-0.2, 0) is 4.74 Å². The second kappa shape index (κ2) is 8.66. The summed E-state index contributed by atoms with van der Waals surface area (Å²) in [5.41, 5.74) is 5.84. The molecule has 3 aromatic carbocycles. The number of alkyl carbamates (subject to hydrolysis) is 1. The standard InChI is InChI=1S/C25H21NO4/c27-24(28)18-13-11-17(12-14-18)6-5-15-26-25(29)30-16-23-21-9-3-1-7-19(21)20-8-2-4-10-22(20)23/h1-14,23H,15-16H2,(H,26,29)(H,27,28). The predicted octanol–water partition coefficient (Wildman–Crippen LogP) is 4.94. The quantitative estimate of drug-likeness (QED) is 0.616. The van der Waals surface area contributed by atoms with Crippen molar-refractivity contribution >= 4 is 18.1 Å². The van der Waals surface area contributed by atoms with Gasteiger partial charge in [-0.3, -0.25) is 0 Å². The van der Waals surface area contributed by atoms with Crippen LogP contribution in [0.5, 0.6) is 0 Å². The number of amides is 1. The minimum atomic E-state index is -0.956. The molecule has 0 saturated carbocycles. The van der Waals surface area contributed by atoms with Gasteiger partial charge in [0, 0.05) is 12.5 Å². The monoisotopic (exact) mass is 399 g/mol. The summed E-state index contributed by atoms with van der Waals surface area (Å²) in [5.74, 6) is -0.922. The highest BCUT2D eigenvalue weighted by atomic mass is 16.5. The highest BCUT2D eigenvalue weighted by Crippen LogP contribution is 2.44. The summed E-state index contributed by atoms with van der Waals surface area (Å²) < 4.78 is 5.48. The number of carbonyl (C=O) groups excluding carboxylic acids is 1. The van der Waals surface area contributed by atoms with Crippen LogP contribution in [0.1, 0.15) is 33.0 Å². The number of ether oxygens (including phenoxy) is 1. The van der Waals surface area contributed by atoms with Crippen molar-refractivity contribution in [1.29, 1.82) is 0 Å². The first-order valence-corrected chi connectivity index (χ1v) is 9.72. The SMILES string of the molecule is O=C(NCC=Cc1ccc(C(=O)O)cc1)OCC1c2ccccc2-c2ccccc21. The Labute approximate surface area is 174 Å². The Bertz CT molecular complexity index is 1060. The molecule has 30 heavy (non-hydrogen) atoms. The number of hydrogen-bond acceptors (Lipinski definition) is 3. The van der Waals surface area contributed by atoms with Crippen LogP contribution >= 0.6 is 0 Å². The molecule has 0 bridgehead atoms. The second-order valence-electron chi connectivity index (χ2n) is 7.04. The number of benzene rings is 3. The normalized spacial score (nSPS) is 12.4. The first kappa shape index (κ1) is 19.5. The second-order valence-corrected chi connectivity index (χ2v) is 7.04. The van der Waals surface area contributed by atoms with Gasteiger partial charge in [-0.25, -0.2) is 9.59 Å². The van der Waals surface area contributed by atoms with E-state index in [1.165, 1.54) is 22.3 Å². The maximum absolute atomic E-state index is 12.1. The third-order valence-corrected chi connectivity index (χ3v) is 5.18. The lowest BCUT2D eigenvalue weighted by atomic mass is 9.98. The zero-order valence-corrected chi connectivity index (χ0v) is 16.2. The summed E-state index contributed by atoms with van der Waals surface area (Å²) in [7, 11) is 0. The van der Waals surface area contributed by atoms with Crippen molar-refractivity contribution in [3.05, 3.63) is 101 Å². The Hall–Kier alpha value is -3.86. The van der Waals surface area contributed by atoms with Crippen LogP contribution in [0.3, 0.4) is 0 Å². The minimum absolute atomic E-state index is 0.0337. The molecule has 0 spiro atoms. The fourth-order valence-corrected chi connectivity index (χ4v) is 3.72. The van der Waals surface area contributed by atoms with E-state index in [1.807, 2.05) is 30.3 Å². The molecule has 0 saturated heterocycles. The fourth-order valence-electron chi connectivity index (χ4n) is 3.72. The Morgan fingerprint density at radius 2 is 1.50 bits per heavy atom. The Morgan fingerprint density at radius 3 is 2.10 bits per heavy atom. The largest absolute Gasteiger partial charge is 0.478 e. The summed E-state index contributed by atoms with van der Waals surface area (Å²) in [5, 5.41) is 11.6. The summed E-state index contributed by atoms with van der Waals surface area (Å²) in [6.07, 6.45) is 3.13. The van der Waals surface area contributed by atoms with Crippen LogP contribution in [0.4, 0.5) is 4.79 Å². The first-order chi connectivity index (χ1) is 14.6. The molecule has 1 aliphatic rings. The molecular formula is C25H21NO4. The molecule has 0 aliphatic heterocycles. The first-order valence-electron chi connectivity index (χ1n) is 9.72. The van der Waals surface area contributed by atoms with Crippen LogP contribution in [0.15, 0.2) is 78.9 Å². The van der Waals surface area contributed by atoms with Gasteiger partial charge in [0.1, 0.15) is 6.61 Å². The lowest BCUT2D eigenvalue weighted by Crippen LogP contribution is -2.26. The van der Waals surface area contributed by atoms with E-state index < -0.39 is 12.1 Å². The van der Waals surface area contributed by atoms with E-state index in [9.17, 15) is 9.59 Å². The molecule has 0 fully saturated rings. The van der Waals surface area contributed by atoms with Gasteiger partial charge in [0.05, 0.1) is 5.56 Å². The smallest absolute Gasteiger partial charge is 0.407 e. The van der Waals surface area contributed by atoms with Gasteiger partial charge in [0.2, 0.25) is 0 Å². The lowest BCUT2D eigenvalue weighted by molar-refractivity contribution is 0.0696. The van der Waals surface area contributed by atoms with Gasteiger partial charge in [-0.05, 0) is 39.9 Å². The van der Waals surface area contributed by atoms with E-state index >= 15 is 0 Å². The Morgan fingerprint density at radius 1 is 0.900 bits per heavy atom. The van der Waals surface area contributed by atoms with Gasteiger partial charge in [0.25, 0.3) is 0 Å². The van der Waals surface area contributed by atoms with Gasteiger partial charge in [-0.1, -0.05) is 72.8 Å². The topological polar surface area (TPSA) is 75.6 Å². The van der Waals surface area contributed by atoms with Crippen molar-refractivity contribution in [1.82, 2.24) is 5.32 Å². The van der Waals surface area contributed by atoms with Gasteiger partial charge >= 0.3 is 12.1 Å². The molecule has 2 N–H and O–H groups in total. The summed E-state index contributed by atoms with van der Waals surface area (Å²) in [6.45, 7) is 0.595. The number of nitrogens with one attached hydrogen (secondary N) is 1. The zero-order chi connectivity index (χ0) is 20.9. The number of carbonyl (C=O) groups is 2. The summed E-state index contributed by atoms with van der Waals surface area (Å²) in [6, 6.07) is 22.9. The van der Waals surface area contributed by atoms with E-state index in [2.05, 4.69) is 29.6 Å². The van der Waals surface area contributed by atoms with Gasteiger partial charge in [-0.15, -0.1) is 0 Å². The summed E-state index contributed by atoms with van der Waals surface area (Å²) >= 11 is 0. The molecular weight excluding hydrogens is 378 g/mol. The molecule has 0 radical (unpaired) electrons. The molecule has 0 heterocycles. The third kappa shape index (κ3) is 4.10. The number of carboxylic acids is 1. The summed E-state index contributed by atoms with van der Waals surface area (Å²) in [4.78, 5) is 23.0. The van der Waals surface area contributed by atoms with E-state index in [0.29, 0.717) is 6.54 Å². The van der Waals surface area contributed by atoms with Crippen molar-refractivity contribution in [3.8, 4) is 11.1 Å². The maximum atomic E-state index is 12.1. The van der Waals surface area contributed by atoms with Crippen molar-refractivity contribution in [3.63, 3.8) is 0 Å². The molecule has 5 nitrogen and oxygen atoms in total. The number of fused-ring (bicyclic) bond motifs is 3. The van der Waals surface area contributed by atoms with Crippen LogP contribution in [0, 0.1) is 0 Å². The number of aromatic carboxylic acids is 1. The van der Waals surface area contributed by atoms with Crippen molar-refractivity contribution in [2.75, 3.05) is 13.2 Å². The van der Waals surface area contributed by atoms with E-state index in [4.69, 9.17) is 9.84 Å². The van der Waals surface area contributed by atoms with E-state index in [-0.39, 0.29) is 18.1 Å². The van der Waals surface area contributed by atoms with Crippen LogP contribution in [0.2, 0.25) is 0 Å². The number of carboxylic acid groups (broad SMARTS) is 1. The van der Waals surface area contributed by atoms with Gasteiger partial charge < -0.3 is 15.2 Å². The molecule has 150 valence electrons. The molecule has 0 unspecified atom stereocenters. The fraction of sp³-hybridized carbons (Fsp3) is 0.120. The zero-order valence-electron chi connectivity index (χ0n) is 16.2. The van der Waals surface area contributed by atoms with Crippen LogP contribution in [0.25, 0.3) is 17.2 Å². The molecule has 0 aromatic heterocycles. The highest BCUT2D eigenvalue weighted by Gasteiger charge is 2.28. The molecule has 1 aliphatic carbocycles. The van der Waals surface area contributed by atoms with Crippen molar-refractivity contribution < 1.29 is 19.4 Å². The molecule has 5 heteroatoms. The number of hydrogen-bond donors (Lipinski definition) is 2. The van der Waals surface area contributed by atoms with Gasteiger partial charge in [-0.2, -0.15) is 0 Å². The third-order valence-electron chi connectivity index (χ3n) is 5.18. The average Bonchev–Trinajstić information content (AvgIpc) is 3.09. The van der Waals surface area contributed by atoms with E-state index in [1.54, 1.807) is 30.3 Å². The van der Waals surface area contributed by atoms with Crippen LogP contribution < -0.4 is 5.32 Å². The lowest BCUT2D eigenvalue weighted by Gasteiger charge is -2.14. The van der Waals surface area contributed by atoms with Gasteiger partial charge in [0.15, 0.2) is 0 Å². The molecule has 3 aromatic rings. The molecule has 0 atom stereocenters. The maximum Gasteiger partial charge on any atom is 0.407 e. The average molecular weight is 399 g/mol.